The molecule has 1 rings (SSSR count). The minimum absolute atomic E-state index is 0.0461. The SMILES string of the molecule is CCC(C)NC(=O)N(C)C(=O)N(C)c1ccccc1. The molecule has 1 N–H and O–H groups in total. The fraction of sp³-hybridized carbons (Fsp3) is 0.429. The van der Waals surface area contributed by atoms with Crippen molar-refractivity contribution in [1.82, 2.24) is 10.2 Å². The van der Waals surface area contributed by atoms with E-state index in [0.717, 1.165) is 17.0 Å². The summed E-state index contributed by atoms with van der Waals surface area (Å²) in [4.78, 5) is 26.5. The Bertz CT molecular complexity index is 434. The molecule has 0 spiro atoms. The van der Waals surface area contributed by atoms with Gasteiger partial charge in [-0.3, -0.25) is 4.90 Å². The van der Waals surface area contributed by atoms with E-state index in [1.807, 2.05) is 44.2 Å². The molecule has 0 aliphatic rings. The van der Waals surface area contributed by atoms with Crippen LogP contribution in [0.15, 0.2) is 30.3 Å². The second kappa shape index (κ2) is 6.78. The van der Waals surface area contributed by atoms with Gasteiger partial charge in [0.15, 0.2) is 0 Å². The molecule has 0 heterocycles. The maximum absolute atomic E-state index is 12.1. The number of para-hydroxylation sites is 1. The van der Waals surface area contributed by atoms with Gasteiger partial charge in [-0.25, -0.2) is 14.5 Å². The average molecular weight is 263 g/mol. The summed E-state index contributed by atoms with van der Waals surface area (Å²) in [5.74, 6) is 0. The van der Waals surface area contributed by atoms with Crippen LogP contribution in [0.4, 0.5) is 15.3 Å². The molecule has 0 saturated carbocycles. The molecule has 19 heavy (non-hydrogen) atoms. The van der Waals surface area contributed by atoms with E-state index in [1.54, 1.807) is 7.05 Å². The number of carbonyl (C=O) groups excluding carboxylic acids is 2. The minimum atomic E-state index is -0.387. The lowest BCUT2D eigenvalue weighted by Gasteiger charge is -2.25. The Labute approximate surface area is 114 Å². The predicted molar refractivity (Wildman–Crippen MR) is 76.3 cm³/mol. The van der Waals surface area contributed by atoms with Crippen molar-refractivity contribution in [2.75, 3.05) is 19.0 Å². The molecule has 0 aliphatic heterocycles. The lowest BCUT2D eigenvalue weighted by atomic mass is 10.3. The number of urea groups is 2. The van der Waals surface area contributed by atoms with Gasteiger partial charge in [0.25, 0.3) is 0 Å². The highest BCUT2D eigenvalue weighted by atomic mass is 16.2. The van der Waals surface area contributed by atoms with Crippen LogP contribution in [0, 0.1) is 0 Å². The van der Waals surface area contributed by atoms with Gasteiger partial charge < -0.3 is 5.32 Å². The maximum Gasteiger partial charge on any atom is 0.332 e. The molecule has 1 unspecified atom stereocenters. The van der Waals surface area contributed by atoms with E-state index in [-0.39, 0.29) is 18.1 Å². The molecule has 5 nitrogen and oxygen atoms in total. The average Bonchev–Trinajstić information content (AvgIpc) is 2.45. The zero-order valence-electron chi connectivity index (χ0n) is 11.9. The molecule has 104 valence electrons. The van der Waals surface area contributed by atoms with Gasteiger partial charge in [0, 0.05) is 25.8 Å². The molecular weight excluding hydrogens is 242 g/mol. The number of carbonyl (C=O) groups is 2. The number of rotatable bonds is 3. The van der Waals surface area contributed by atoms with Gasteiger partial charge in [-0.1, -0.05) is 25.1 Å². The molecule has 4 amide bonds. The third kappa shape index (κ3) is 3.98. The van der Waals surface area contributed by atoms with E-state index in [4.69, 9.17) is 0 Å². The van der Waals surface area contributed by atoms with Crippen LogP contribution >= 0.6 is 0 Å². The van der Waals surface area contributed by atoms with Crippen molar-refractivity contribution in [3.8, 4) is 0 Å². The second-order valence-electron chi connectivity index (χ2n) is 4.49. The van der Waals surface area contributed by atoms with E-state index < -0.39 is 0 Å². The number of hydrogen-bond donors (Lipinski definition) is 1. The molecule has 0 fully saturated rings. The van der Waals surface area contributed by atoms with Crippen LogP contribution in [0.2, 0.25) is 0 Å². The molecule has 5 heteroatoms. The number of nitrogens with zero attached hydrogens (tertiary/aromatic N) is 2. The van der Waals surface area contributed by atoms with Gasteiger partial charge in [0.2, 0.25) is 0 Å². The molecule has 1 aromatic carbocycles. The second-order valence-corrected chi connectivity index (χ2v) is 4.49. The third-order valence-electron chi connectivity index (χ3n) is 3.00. The maximum atomic E-state index is 12.1. The number of nitrogens with one attached hydrogen (secondary N) is 1. The summed E-state index contributed by atoms with van der Waals surface area (Å²) in [5.41, 5.74) is 0.746. The molecule has 0 radical (unpaired) electrons. The summed E-state index contributed by atoms with van der Waals surface area (Å²) in [6, 6.07) is 8.49. The topological polar surface area (TPSA) is 52.7 Å². The van der Waals surface area contributed by atoms with Gasteiger partial charge in [-0.15, -0.1) is 0 Å². The smallest absolute Gasteiger partial charge is 0.332 e. The van der Waals surface area contributed by atoms with Gasteiger partial charge in [-0.2, -0.15) is 0 Å². The molecule has 0 bridgehead atoms. The zero-order chi connectivity index (χ0) is 14.4. The first kappa shape index (κ1) is 15.0. The van der Waals surface area contributed by atoms with Crippen molar-refractivity contribution in [3.63, 3.8) is 0 Å². The van der Waals surface area contributed by atoms with Crippen LogP contribution in [0.5, 0.6) is 0 Å². The zero-order valence-corrected chi connectivity index (χ0v) is 11.9. The Morgan fingerprint density at radius 1 is 1.21 bits per heavy atom. The van der Waals surface area contributed by atoms with E-state index in [2.05, 4.69) is 5.32 Å². The third-order valence-corrected chi connectivity index (χ3v) is 3.00. The lowest BCUT2D eigenvalue weighted by Crippen LogP contribution is -2.48. The summed E-state index contributed by atoms with van der Waals surface area (Å²) in [7, 11) is 3.12. The number of benzene rings is 1. The van der Waals surface area contributed by atoms with Crippen LogP contribution in [0.3, 0.4) is 0 Å². The monoisotopic (exact) mass is 263 g/mol. The Morgan fingerprint density at radius 2 is 1.79 bits per heavy atom. The van der Waals surface area contributed by atoms with Crippen molar-refractivity contribution < 1.29 is 9.59 Å². The highest BCUT2D eigenvalue weighted by molar-refractivity contribution is 6.01. The van der Waals surface area contributed by atoms with Gasteiger partial charge in [-0.05, 0) is 25.5 Å². The Kier molecular flexibility index (Phi) is 5.36. The molecule has 0 aliphatic carbocycles. The molecule has 1 aromatic rings. The largest absolute Gasteiger partial charge is 0.335 e. The van der Waals surface area contributed by atoms with Gasteiger partial charge in [0.1, 0.15) is 0 Å². The summed E-state index contributed by atoms with van der Waals surface area (Å²) < 4.78 is 0. The van der Waals surface area contributed by atoms with Crippen LogP contribution in [-0.4, -0.2) is 37.1 Å². The molecular formula is C14H21N3O2. The fourth-order valence-electron chi connectivity index (χ4n) is 1.48. The lowest BCUT2D eigenvalue weighted by molar-refractivity contribution is 0.196. The predicted octanol–water partition coefficient (Wildman–Crippen LogP) is 2.68. The molecule has 0 aromatic heterocycles. The standard InChI is InChI=1S/C14H21N3O2/c1-5-11(2)15-13(18)17(4)14(19)16(3)12-9-7-6-8-10-12/h6-11H,5H2,1-4H3,(H,15,18). The summed E-state index contributed by atoms with van der Waals surface area (Å²) in [6.45, 7) is 3.87. The quantitative estimate of drug-likeness (QED) is 0.911. The highest BCUT2D eigenvalue weighted by Gasteiger charge is 2.22. The van der Waals surface area contributed by atoms with E-state index >= 15 is 0 Å². The highest BCUT2D eigenvalue weighted by Crippen LogP contribution is 2.12. The van der Waals surface area contributed by atoms with Crippen LogP contribution < -0.4 is 10.2 Å². The summed E-state index contributed by atoms with van der Waals surface area (Å²) in [6.07, 6.45) is 0.822. The van der Waals surface area contributed by atoms with Gasteiger partial charge in [0.05, 0.1) is 0 Å². The fourth-order valence-corrected chi connectivity index (χ4v) is 1.48. The summed E-state index contributed by atoms with van der Waals surface area (Å²) in [5, 5.41) is 2.76. The number of imide groups is 1. The van der Waals surface area contributed by atoms with E-state index in [9.17, 15) is 9.59 Å². The summed E-state index contributed by atoms with van der Waals surface area (Å²) >= 11 is 0. The van der Waals surface area contributed by atoms with E-state index in [1.165, 1.54) is 11.9 Å². The van der Waals surface area contributed by atoms with Crippen LogP contribution in [0.25, 0.3) is 0 Å². The van der Waals surface area contributed by atoms with Crippen molar-refractivity contribution >= 4 is 17.7 Å². The van der Waals surface area contributed by atoms with Crippen LogP contribution in [-0.2, 0) is 0 Å². The number of anilines is 1. The van der Waals surface area contributed by atoms with Crippen molar-refractivity contribution in [3.05, 3.63) is 30.3 Å². The first-order valence-electron chi connectivity index (χ1n) is 6.34. The number of amides is 4. The molecule has 1 atom stereocenters. The first-order valence-corrected chi connectivity index (χ1v) is 6.34. The normalized spacial score (nSPS) is 11.6. The molecule has 0 saturated heterocycles. The Hall–Kier alpha value is -2.04. The first-order chi connectivity index (χ1) is 8.97. The van der Waals surface area contributed by atoms with Crippen LogP contribution in [0.1, 0.15) is 20.3 Å². The van der Waals surface area contributed by atoms with Crippen molar-refractivity contribution in [1.29, 1.82) is 0 Å². The Morgan fingerprint density at radius 3 is 2.32 bits per heavy atom. The number of hydrogen-bond acceptors (Lipinski definition) is 2. The minimum Gasteiger partial charge on any atom is -0.335 e. The van der Waals surface area contributed by atoms with E-state index in [0.29, 0.717) is 0 Å². The van der Waals surface area contributed by atoms with Gasteiger partial charge >= 0.3 is 12.1 Å². The van der Waals surface area contributed by atoms with Crippen molar-refractivity contribution in [2.24, 2.45) is 0 Å². The van der Waals surface area contributed by atoms with Crippen molar-refractivity contribution in [2.45, 2.75) is 26.3 Å². The Balaban J connectivity index is 2.69.